The molecule has 0 aliphatic heterocycles. The lowest BCUT2D eigenvalue weighted by atomic mass is 10.2. The van der Waals surface area contributed by atoms with E-state index in [1.54, 1.807) is 16.7 Å². The minimum Gasteiger partial charge on any atom is -0.329 e. The Kier molecular flexibility index (Phi) is 4.15. The van der Waals surface area contributed by atoms with Gasteiger partial charge in [-0.25, -0.2) is 17.8 Å². The van der Waals surface area contributed by atoms with Gasteiger partial charge in [0, 0.05) is 29.3 Å². The Morgan fingerprint density at radius 2 is 2.10 bits per heavy atom. The van der Waals surface area contributed by atoms with Crippen LogP contribution in [0.5, 0.6) is 0 Å². The van der Waals surface area contributed by atoms with Crippen LogP contribution in [0.15, 0.2) is 35.5 Å². The molecule has 0 N–H and O–H groups in total. The van der Waals surface area contributed by atoms with Gasteiger partial charge in [-0.05, 0) is 17.7 Å². The summed E-state index contributed by atoms with van der Waals surface area (Å²) in [5.74, 6) is 0.281. The monoisotopic (exact) mass is 316 g/mol. The smallest absolute Gasteiger partial charge is 0.280 e. The van der Waals surface area contributed by atoms with Gasteiger partial charge in [-0.3, -0.25) is 0 Å². The molecule has 0 aliphatic carbocycles. The molecule has 0 saturated carbocycles. The summed E-state index contributed by atoms with van der Waals surface area (Å²) in [5, 5.41) is -0.181. The second-order valence-corrected chi connectivity index (χ2v) is 7.30. The molecule has 2 aromatic rings. The van der Waals surface area contributed by atoms with Gasteiger partial charge in [-0.1, -0.05) is 26.0 Å². The number of aromatic nitrogens is 2. The molecule has 7 heteroatoms. The van der Waals surface area contributed by atoms with Crippen molar-refractivity contribution in [2.75, 3.05) is 0 Å². The van der Waals surface area contributed by atoms with Crippen molar-refractivity contribution in [2.24, 2.45) is 0 Å². The Morgan fingerprint density at radius 1 is 1.40 bits per heavy atom. The zero-order valence-electron chi connectivity index (χ0n) is 11.0. The summed E-state index contributed by atoms with van der Waals surface area (Å²) >= 11 is 0. The van der Waals surface area contributed by atoms with Crippen molar-refractivity contribution in [2.45, 2.75) is 31.3 Å². The second-order valence-electron chi connectivity index (χ2n) is 4.79. The third kappa shape index (κ3) is 3.37. The normalized spacial score (nSPS) is 12.1. The fraction of sp³-hybridized carbons (Fsp3) is 0.308. The number of halogens is 2. The first-order valence-electron chi connectivity index (χ1n) is 6.03. The Bertz CT molecular complexity index is 726. The predicted molar refractivity (Wildman–Crippen MR) is 74.9 cm³/mol. The third-order valence-corrected chi connectivity index (χ3v) is 3.96. The molecule has 0 unspecified atom stereocenters. The molecule has 4 nitrogen and oxygen atoms in total. The molecule has 2 rings (SSSR count). The molecule has 0 fully saturated rings. The van der Waals surface area contributed by atoms with E-state index in [2.05, 4.69) is 4.98 Å². The third-order valence-electron chi connectivity index (χ3n) is 2.79. The maximum atomic E-state index is 13.2. The van der Waals surface area contributed by atoms with Gasteiger partial charge in [-0.15, -0.1) is 0 Å². The number of imidazole rings is 1. The first-order valence-corrected chi connectivity index (χ1v) is 8.34. The minimum absolute atomic E-state index is 0.0238. The van der Waals surface area contributed by atoms with E-state index in [1.165, 1.54) is 18.3 Å². The van der Waals surface area contributed by atoms with Gasteiger partial charge in [0.25, 0.3) is 9.05 Å². The topological polar surface area (TPSA) is 52.0 Å². The second kappa shape index (κ2) is 5.54. The van der Waals surface area contributed by atoms with Crippen LogP contribution in [0, 0.1) is 5.82 Å². The minimum atomic E-state index is -3.87. The predicted octanol–water partition coefficient (Wildman–Crippen LogP) is 3.12. The SMILES string of the molecule is CC(C)c1nc(S(=O)(=O)Cl)cn1Cc1cccc(F)c1. The van der Waals surface area contributed by atoms with Crippen molar-refractivity contribution < 1.29 is 12.8 Å². The molecule has 0 atom stereocenters. The molecular weight excluding hydrogens is 303 g/mol. The number of hydrogen-bond acceptors (Lipinski definition) is 3. The highest BCUT2D eigenvalue weighted by Crippen LogP contribution is 2.21. The molecule has 1 aromatic carbocycles. The van der Waals surface area contributed by atoms with Crippen LogP contribution in [0.2, 0.25) is 0 Å². The molecule has 0 saturated heterocycles. The summed E-state index contributed by atoms with van der Waals surface area (Å²) in [5.41, 5.74) is 0.725. The van der Waals surface area contributed by atoms with Gasteiger partial charge in [0.2, 0.25) is 0 Å². The lowest BCUT2D eigenvalue weighted by molar-refractivity contribution is 0.606. The van der Waals surface area contributed by atoms with Gasteiger partial charge in [0.1, 0.15) is 11.6 Å². The van der Waals surface area contributed by atoms with Crippen LogP contribution < -0.4 is 0 Å². The van der Waals surface area contributed by atoms with E-state index in [9.17, 15) is 12.8 Å². The highest BCUT2D eigenvalue weighted by molar-refractivity contribution is 8.13. The van der Waals surface area contributed by atoms with Crippen molar-refractivity contribution in [1.82, 2.24) is 9.55 Å². The van der Waals surface area contributed by atoms with E-state index < -0.39 is 9.05 Å². The fourth-order valence-corrected chi connectivity index (χ4v) is 2.62. The van der Waals surface area contributed by atoms with Crippen molar-refractivity contribution >= 4 is 19.7 Å². The first kappa shape index (κ1) is 15.0. The lowest BCUT2D eigenvalue weighted by Gasteiger charge is -2.10. The van der Waals surface area contributed by atoms with E-state index >= 15 is 0 Å². The van der Waals surface area contributed by atoms with Gasteiger partial charge in [0.15, 0.2) is 5.03 Å². The van der Waals surface area contributed by atoms with Gasteiger partial charge in [0.05, 0.1) is 0 Å². The van der Waals surface area contributed by atoms with E-state index in [0.29, 0.717) is 12.4 Å². The Morgan fingerprint density at radius 3 is 2.65 bits per heavy atom. The Balaban J connectivity index is 2.43. The van der Waals surface area contributed by atoms with E-state index in [4.69, 9.17) is 10.7 Å². The highest BCUT2D eigenvalue weighted by atomic mass is 35.7. The molecule has 1 heterocycles. The summed E-state index contributed by atoms with van der Waals surface area (Å²) in [6, 6.07) is 6.13. The molecule has 0 spiro atoms. The fourth-order valence-electron chi connectivity index (χ4n) is 1.94. The average molecular weight is 317 g/mol. The van der Waals surface area contributed by atoms with E-state index in [0.717, 1.165) is 5.56 Å². The zero-order valence-corrected chi connectivity index (χ0v) is 12.6. The summed E-state index contributed by atoms with van der Waals surface area (Å²) in [6.07, 6.45) is 1.38. The summed E-state index contributed by atoms with van der Waals surface area (Å²) in [4.78, 5) is 4.05. The van der Waals surface area contributed by atoms with Crippen LogP contribution in [-0.4, -0.2) is 18.0 Å². The number of hydrogen-bond donors (Lipinski definition) is 0. The molecule has 0 bridgehead atoms. The summed E-state index contributed by atoms with van der Waals surface area (Å²) in [6.45, 7) is 4.13. The van der Waals surface area contributed by atoms with Crippen molar-refractivity contribution in [3.8, 4) is 0 Å². The van der Waals surface area contributed by atoms with Crippen LogP contribution >= 0.6 is 10.7 Å². The molecule has 0 radical (unpaired) electrons. The van der Waals surface area contributed by atoms with Crippen LogP contribution in [-0.2, 0) is 15.6 Å². The molecule has 1 aromatic heterocycles. The maximum Gasteiger partial charge on any atom is 0.280 e. The number of rotatable bonds is 4. The van der Waals surface area contributed by atoms with Crippen molar-refractivity contribution in [3.63, 3.8) is 0 Å². The Hall–Kier alpha value is -1.40. The van der Waals surface area contributed by atoms with E-state index in [-0.39, 0.29) is 16.8 Å². The molecule has 20 heavy (non-hydrogen) atoms. The number of benzene rings is 1. The van der Waals surface area contributed by atoms with Crippen LogP contribution in [0.1, 0.15) is 31.2 Å². The molecule has 108 valence electrons. The lowest BCUT2D eigenvalue weighted by Crippen LogP contribution is -2.05. The maximum absolute atomic E-state index is 13.2. The van der Waals surface area contributed by atoms with Crippen LogP contribution in [0.3, 0.4) is 0 Å². The largest absolute Gasteiger partial charge is 0.329 e. The van der Waals surface area contributed by atoms with E-state index in [1.807, 2.05) is 13.8 Å². The standard InChI is InChI=1S/C13H14ClFN2O2S/c1-9(2)13-16-12(20(14,18)19)8-17(13)7-10-4-3-5-11(15)6-10/h3-6,8-9H,7H2,1-2H3. The Labute approximate surface area is 121 Å². The first-order chi connectivity index (χ1) is 9.27. The van der Waals surface area contributed by atoms with Crippen molar-refractivity contribution in [1.29, 1.82) is 0 Å². The average Bonchev–Trinajstić information content (AvgIpc) is 2.72. The molecule has 0 aliphatic rings. The van der Waals surface area contributed by atoms with Gasteiger partial charge < -0.3 is 4.57 Å². The zero-order chi connectivity index (χ0) is 14.9. The summed E-state index contributed by atoms with van der Waals surface area (Å²) in [7, 11) is 1.44. The highest BCUT2D eigenvalue weighted by Gasteiger charge is 2.19. The molecular formula is C13H14ClFN2O2S. The number of nitrogens with zero attached hydrogens (tertiary/aromatic N) is 2. The van der Waals surface area contributed by atoms with Gasteiger partial charge >= 0.3 is 0 Å². The molecule has 0 amide bonds. The van der Waals surface area contributed by atoms with Crippen molar-refractivity contribution in [3.05, 3.63) is 47.7 Å². The van der Waals surface area contributed by atoms with Crippen LogP contribution in [0.25, 0.3) is 0 Å². The van der Waals surface area contributed by atoms with Crippen LogP contribution in [0.4, 0.5) is 4.39 Å². The quantitative estimate of drug-likeness (QED) is 0.814. The van der Waals surface area contributed by atoms with Gasteiger partial charge in [-0.2, -0.15) is 0 Å². The summed E-state index contributed by atoms with van der Waals surface area (Å²) < 4.78 is 37.6.